The molecule has 1 N–H and O–H groups in total. The van der Waals surface area contributed by atoms with Crippen molar-refractivity contribution in [3.63, 3.8) is 0 Å². The van der Waals surface area contributed by atoms with E-state index >= 15 is 0 Å². The number of hydrogen-bond donors (Lipinski definition) is 1. The summed E-state index contributed by atoms with van der Waals surface area (Å²) in [6, 6.07) is 7.75. The van der Waals surface area contributed by atoms with E-state index in [0.29, 0.717) is 0 Å². The van der Waals surface area contributed by atoms with Crippen LogP contribution in [0.4, 0.5) is 0 Å². The second-order valence-electron chi connectivity index (χ2n) is 3.72. The molecule has 0 aliphatic heterocycles. The summed E-state index contributed by atoms with van der Waals surface area (Å²) in [6.07, 6.45) is 0.101. The van der Waals surface area contributed by atoms with E-state index in [1.54, 1.807) is 0 Å². The summed E-state index contributed by atoms with van der Waals surface area (Å²) < 4.78 is 0. The third kappa shape index (κ3) is 4.13. The van der Waals surface area contributed by atoms with Crippen molar-refractivity contribution in [2.45, 2.75) is 19.9 Å². The summed E-state index contributed by atoms with van der Waals surface area (Å²) in [4.78, 5) is 12.7. The summed E-state index contributed by atoms with van der Waals surface area (Å²) in [5.74, 6) is -0.781. The van der Waals surface area contributed by atoms with E-state index in [9.17, 15) is 4.79 Å². The van der Waals surface area contributed by atoms with Gasteiger partial charge in [-0.1, -0.05) is 31.2 Å². The number of aliphatic carboxylic acids is 1. The Bertz CT molecular complexity index is 336. The Hall–Kier alpha value is -1.35. The third-order valence-corrected chi connectivity index (χ3v) is 2.34. The van der Waals surface area contributed by atoms with Gasteiger partial charge in [-0.3, -0.25) is 4.79 Å². The Morgan fingerprint density at radius 1 is 1.40 bits per heavy atom. The first kappa shape index (κ1) is 11.7. The number of carbonyl (C=O) groups is 1. The fraction of sp³-hybridized carbons (Fsp3) is 0.417. The maximum atomic E-state index is 10.5. The highest BCUT2D eigenvalue weighted by Gasteiger charge is 2.02. The molecule has 0 saturated heterocycles. The van der Waals surface area contributed by atoms with Crippen LogP contribution in [0.25, 0.3) is 0 Å². The highest BCUT2D eigenvalue weighted by atomic mass is 16.4. The largest absolute Gasteiger partial charge is 0.481 e. The van der Waals surface area contributed by atoms with Crippen LogP contribution in [0.2, 0.25) is 0 Å². The fourth-order valence-electron chi connectivity index (χ4n) is 1.44. The Morgan fingerprint density at radius 3 is 2.67 bits per heavy atom. The van der Waals surface area contributed by atoms with E-state index in [1.807, 2.05) is 31.3 Å². The van der Waals surface area contributed by atoms with Gasteiger partial charge in [0.05, 0.1) is 6.42 Å². The molecule has 3 nitrogen and oxygen atoms in total. The second kappa shape index (κ2) is 5.51. The van der Waals surface area contributed by atoms with Gasteiger partial charge in [-0.15, -0.1) is 0 Å². The van der Waals surface area contributed by atoms with Crippen LogP contribution in [0.15, 0.2) is 24.3 Å². The van der Waals surface area contributed by atoms with Crippen molar-refractivity contribution >= 4 is 5.97 Å². The highest BCUT2D eigenvalue weighted by molar-refractivity contribution is 5.70. The summed E-state index contributed by atoms with van der Waals surface area (Å²) in [6.45, 7) is 3.95. The minimum Gasteiger partial charge on any atom is -0.481 e. The molecule has 0 aliphatic carbocycles. The maximum Gasteiger partial charge on any atom is 0.307 e. The van der Waals surface area contributed by atoms with Gasteiger partial charge in [0.1, 0.15) is 0 Å². The standard InChI is InChI=1S/C12H17NO2/c1-3-13(2)9-11-6-4-5-10(7-11)8-12(14)15/h4-7H,3,8-9H2,1-2H3,(H,14,15). The number of hydrogen-bond acceptors (Lipinski definition) is 2. The van der Waals surface area contributed by atoms with Gasteiger partial charge in [-0.25, -0.2) is 0 Å². The highest BCUT2D eigenvalue weighted by Crippen LogP contribution is 2.08. The van der Waals surface area contributed by atoms with Gasteiger partial charge >= 0.3 is 5.97 Å². The molecule has 0 spiro atoms. The SMILES string of the molecule is CCN(C)Cc1cccc(CC(=O)O)c1. The zero-order valence-corrected chi connectivity index (χ0v) is 9.23. The molecule has 0 heterocycles. The molecule has 0 fully saturated rings. The molecule has 1 rings (SSSR count). The quantitative estimate of drug-likeness (QED) is 0.800. The lowest BCUT2D eigenvalue weighted by molar-refractivity contribution is -0.136. The van der Waals surface area contributed by atoms with Crippen molar-refractivity contribution in [3.8, 4) is 0 Å². The third-order valence-electron chi connectivity index (χ3n) is 2.34. The predicted octanol–water partition coefficient (Wildman–Crippen LogP) is 1.77. The minimum absolute atomic E-state index is 0.101. The molecule has 82 valence electrons. The first-order valence-electron chi connectivity index (χ1n) is 5.10. The van der Waals surface area contributed by atoms with Crippen molar-refractivity contribution in [3.05, 3.63) is 35.4 Å². The van der Waals surface area contributed by atoms with Crippen molar-refractivity contribution in [2.24, 2.45) is 0 Å². The zero-order chi connectivity index (χ0) is 11.3. The topological polar surface area (TPSA) is 40.5 Å². The molecule has 0 amide bonds. The van der Waals surface area contributed by atoms with Gasteiger partial charge in [-0.2, -0.15) is 0 Å². The van der Waals surface area contributed by atoms with Crippen LogP contribution in [0, 0.1) is 0 Å². The van der Waals surface area contributed by atoms with Crippen LogP contribution in [0.3, 0.4) is 0 Å². The minimum atomic E-state index is -0.781. The summed E-state index contributed by atoms with van der Waals surface area (Å²) >= 11 is 0. The van der Waals surface area contributed by atoms with E-state index in [-0.39, 0.29) is 6.42 Å². The summed E-state index contributed by atoms with van der Waals surface area (Å²) in [5.41, 5.74) is 2.03. The molecule has 0 aromatic heterocycles. The van der Waals surface area contributed by atoms with Crippen LogP contribution in [0.5, 0.6) is 0 Å². The van der Waals surface area contributed by atoms with Crippen LogP contribution < -0.4 is 0 Å². The first-order valence-corrected chi connectivity index (χ1v) is 5.10. The number of benzene rings is 1. The lowest BCUT2D eigenvalue weighted by atomic mass is 10.1. The molecular weight excluding hydrogens is 190 g/mol. The lowest BCUT2D eigenvalue weighted by Crippen LogP contribution is -2.16. The number of rotatable bonds is 5. The Morgan fingerprint density at radius 2 is 2.07 bits per heavy atom. The molecule has 1 aromatic rings. The van der Waals surface area contributed by atoms with E-state index in [1.165, 1.54) is 0 Å². The van der Waals surface area contributed by atoms with Gasteiger partial charge in [0.25, 0.3) is 0 Å². The Kier molecular flexibility index (Phi) is 4.31. The van der Waals surface area contributed by atoms with E-state index in [0.717, 1.165) is 24.2 Å². The smallest absolute Gasteiger partial charge is 0.307 e. The van der Waals surface area contributed by atoms with E-state index < -0.39 is 5.97 Å². The van der Waals surface area contributed by atoms with E-state index in [4.69, 9.17) is 5.11 Å². The average molecular weight is 207 g/mol. The second-order valence-corrected chi connectivity index (χ2v) is 3.72. The molecule has 0 radical (unpaired) electrons. The molecule has 0 atom stereocenters. The summed E-state index contributed by atoms with van der Waals surface area (Å²) in [7, 11) is 2.05. The molecule has 0 bridgehead atoms. The van der Waals surface area contributed by atoms with Crippen molar-refractivity contribution < 1.29 is 9.90 Å². The monoisotopic (exact) mass is 207 g/mol. The lowest BCUT2D eigenvalue weighted by Gasteiger charge is -2.14. The van der Waals surface area contributed by atoms with Crippen molar-refractivity contribution in [2.75, 3.05) is 13.6 Å². The fourth-order valence-corrected chi connectivity index (χ4v) is 1.44. The van der Waals surface area contributed by atoms with Crippen LogP contribution >= 0.6 is 0 Å². The van der Waals surface area contributed by atoms with Gasteiger partial charge < -0.3 is 10.0 Å². The van der Waals surface area contributed by atoms with Crippen molar-refractivity contribution in [1.29, 1.82) is 0 Å². The van der Waals surface area contributed by atoms with Gasteiger partial charge in [0.15, 0.2) is 0 Å². The van der Waals surface area contributed by atoms with Gasteiger partial charge in [0.2, 0.25) is 0 Å². The summed E-state index contributed by atoms with van der Waals surface area (Å²) in [5, 5.41) is 8.68. The molecule has 0 unspecified atom stereocenters. The molecule has 1 aromatic carbocycles. The average Bonchev–Trinajstić information content (AvgIpc) is 2.17. The van der Waals surface area contributed by atoms with Crippen LogP contribution in [0.1, 0.15) is 18.1 Å². The Balaban J connectivity index is 2.69. The first-order chi connectivity index (χ1) is 7.11. The van der Waals surface area contributed by atoms with E-state index in [2.05, 4.69) is 11.8 Å². The van der Waals surface area contributed by atoms with Crippen molar-refractivity contribution in [1.82, 2.24) is 4.90 Å². The Labute approximate surface area is 90.3 Å². The number of nitrogens with zero attached hydrogens (tertiary/aromatic N) is 1. The van der Waals surface area contributed by atoms with Crippen LogP contribution in [-0.2, 0) is 17.8 Å². The molecule has 0 aliphatic rings. The molecule has 0 saturated carbocycles. The predicted molar refractivity (Wildman–Crippen MR) is 59.8 cm³/mol. The van der Waals surface area contributed by atoms with Crippen LogP contribution in [-0.4, -0.2) is 29.6 Å². The maximum absolute atomic E-state index is 10.5. The zero-order valence-electron chi connectivity index (χ0n) is 9.23. The van der Waals surface area contributed by atoms with Gasteiger partial charge in [-0.05, 0) is 24.7 Å². The number of carboxylic acid groups (broad SMARTS) is 1. The van der Waals surface area contributed by atoms with Gasteiger partial charge in [0, 0.05) is 6.54 Å². The molecule has 15 heavy (non-hydrogen) atoms. The molecule has 3 heteroatoms. The molecular formula is C12H17NO2. The number of carboxylic acids is 1. The normalized spacial score (nSPS) is 10.6.